The third kappa shape index (κ3) is 5.49. The SMILES string of the molecule is CCCCOC(=O)c1ccccc1NC(=O)/C(C#N)=C\Nc1cccc2ccccc12. The first kappa shape index (κ1) is 21.6. The summed E-state index contributed by atoms with van der Waals surface area (Å²) in [6.45, 7) is 2.32. The molecule has 0 atom stereocenters. The van der Waals surface area contributed by atoms with Gasteiger partial charge in [-0.05, 0) is 30.0 Å². The summed E-state index contributed by atoms with van der Waals surface area (Å²) in [5.41, 5.74) is 1.19. The van der Waals surface area contributed by atoms with Gasteiger partial charge in [-0.25, -0.2) is 4.79 Å². The molecule has 0 heterocycles. The minimum atomic E-state index is -0.621. The van der Waals surface area contributed by atoms with E-state index in [0.29, 0.717) is 12.3 Å². The molecule has 0 bridgehead atoms. The molecule has 0 unspecified atom stereocenters. The molecule has 1 amide bonds. The standard InChI is InChI=1S/C25H23N3O3/c1-2-3-15-31-25(30)21-12-6-7-13-23(21)28-24(29)19(16-26)17-27-22-14-8-10-18-9-4-5-11-20(18)22/h4-14,17,27H,2-3,15H2,1H3,(H,28,29)/b19-17-. The monoisotopic (exact) mass is 413 g/mol. The summed E-state index contributed by atoms with van der Waals surface area (Å²) in [5, 5.41) is 17.2. The number of nitrogens with zero attached hydrogens (tertiary/aromatic N) is 1. The van der Waals surface area contributed by atoms with E-state index in [-0.39, 0.29) is 11.1 Å². The van der Waals surface area contributed by atoms with Gasteiger partial charge in [-0.15, -0.1) is 0 Å². The molecule has 0 aromatic heterocycles. The van der Waals surface area contributed by atoms with Gasteiger partial charge in [-0.2, -0.15) is 5.26 Å². The van der Waals surface area contributed by atoms with Crippen molar-refractivity contribution in [2.24, 2.45) is 0 Å². The van der Waals surface area contributed by atoms with Crippen molar-refractivity contribution in [1.29, 1.82) is 5.26 Å². The largest absolute Gasteiger partial charge is 0.462 e. The Hall–Kier alpha value is -4.11. The summed E-state index contributed by atoms with van der Waals surface area (Å²) >= 11 is 0. The number of para-hydroxylation sites is 1. The zero-order valence-electron chi connectivity index (χ0n) is 17.2. The number of esters is 1. The highest BCUT2D eigenvalue weighted by molar-refractivity contribution is 6.10. The number of nitriles is 1. The van der Waals surface area contributed by atoms with Crippen LogP contribution >= 0.6 is 0 Å². The second kappa shape index (κ2) is 10.6. The molecule has 2 N–H and O–H groups in total. The Morgan fingerprint density at radius 3 is 2.52 bits per heavy atom. The van der Waals surface area contributed by atoms with E-state index in [1.807, 2.05) is 55.5 Å². The van der Waals surface area contributed by atoms with Gasteiger partial charge >= 0.3 is 5.97 Å². The predicted molar refractivity (Wildman–Crippen MR) is 122 cm³/mol. The number of anilines is 2. The first-order chi connectivity index (χ1) is 15.1. The summed E-state index contributed by atoms with van der Waals surface area (Å²) in [5.74, 6) is -1.13. The van der Waals surface area contributed by atoms with Gasteiger partial charge in [0.15, 0.2) is 0 Å². The van der Waals surface area contributed by atoms with Crippen LogP contribution in [0.2, 0.25) is 0 Å². The van der Waals surface area contributed by atoms with E-state index in [1.54, 1.807) is 24.3 Å². The van der Waals surface area contributed by atoms with Gasteiger partial charge in [0.25, 0.3) is 5.91 Å². The zero-order chi connectivity index (χ0) is 22.1. The van der Waals surface area contributed by atoms with Crippen molar-refractivity contribution in [1.82, 2.24) is 0 Å². The minimum absolute atomic E-state index is 0.123. The molecule has 3 rings (SSSR count). The Kier molecular flexibility index (Phi) is 7.39. The molecule has 0 aliphatic rings. The molecule has 0 saturated carbocycles. The number of hydrogen-bond donors (Lipinski definition) is 2. The van der Waals surface area contributed by atoms with Crippen molar-refractivity contribution < 1.29 is 14.3 Å². The number of rotatable bonds is 8. The van der Waals surface area contributed by atoms with Gasteiger partial charge in [-0.3, -0.25) is 4.79 Å². The van der Waals surface area contributed by atoms with Gasteiger partial charge in [0.2, 0.25) is 0 Å². The van der Waals surface area contributed by atoms with Crippen molar-refractivity contribution in [3.8, 4) is 6.07 Å². The molecule has 6 heteroatoms. The van der Waals surface area contributed by atoms with E-state index in [0.717, 1.165) is 29.3 Å². The molecule has 0 saturated heterocycles. The maximum absolute atomic E-state index is 12.7. The maximum atomic E-state index is 12.7. The fourth-order valence-corrected chi connectivity index (χ4v) is 3.00. The van der Waals surface area contributed by atoms with E-state index in [2.05, 4.69) is 10.6 Å². The lowest BCUT2D eigenvalue weighted by Gasteiger charge is -2.11. The molecule has 0 aliphatic heterocycles. The second-order valence-corrected chi connectivity index (χ2v) is 6.83. The average Bonchev–Trinajstić information content (AvgIpc) is 2.80. The van der Waals surface area contributed by atoms with Crippen LogP contribution in [0, 0.1) is 11.3 Å². The number of benzene rings is 3. The van der Waals surface area contributed by atoms with E-state index in [9.17, 15) is 14.9 Å². The lowest BCUT2D eigenvalue weighted by molar-refractivity contribution is -0.112. The highest BCUT2D eigenvalue weighted by Gasteiger charge is 2.16. The summed E-state index contributed by atoms with van der Waals surface area (Å²) in [4.78, 5) is 25.0. The normalized spacial score (nSPS) is 10.9. The van der Waals surface area contributed by atoms with Crippen molar-refractivity contribution in [3.05, 3.63) is 84.1 Å². The molecule has 0 spiro atoms. The van der Waals surface area contributed by atoms with Crippen LogP contribution in [-0.2, 0) is 9.53 Å². The number of carbonyl (C=O) groups excluding carboxylic acids is 2. The molecule has 0 fully saturated rings. The molecule has 156 valence electrons. The number of fused-ring (bicyclic) bond motifs is 1. The van der Waals surface area contributed by atoms with Crippen LogP contribution in [0.5, 0.6) is 0 Å². The smallest absolute Gasteiger partial charge is 0.340 e. The molecule has 31 heavy (non-hydrogen) atoms. The Balaban J connectivity index is 1.76. The number of nitrogens with one attached hydrogen (secondary N) is 2. The average molecular weight is 413 g/mol. The van der Waals surface area contributed by atoms with Gasteiger partial charge in [0.1, 0.15) is 11.6 Å². The Morgan fingerprint density at radius 1 is 1.00 bits per heavy atom. The van der Waals surface area contributed by atoms with Crippen LogP contribution in [-0.4, -0.2) is 18.5 Å². The zero-order valence-corrected chi connectivity index (χ0v) is 17.2. The maximum Gasteiger partial charge on any atom is 0.340 e. The predicted octanol–water partition coefficient (Wildman–Crippen LogP) is 5.25. The molecule has 0 radical (unpaired) electrons. The van der Waals surface area contributed by atoms with E-state index in [1.165, 1.54) is 6.20 Å². The van der Waals surface area contributed by atoms with Crippen molar-refractivity contribution in [2.45, 2.75) is 19.8 Å². The summed E-state index contributed by atoms with van der Waals surface area (Å²) in [7, 11) is 0. The van der Waals surface area contributed by atoms with Crippen molar-refractivity contribution in [2.75, 3.05) is 17.2 Å². The topological polar surface area (TPSA) is 91.2 Å². The number of carbonyl (C=O) groups is 2. The number of hydrogen-bond acceptors (Lipinski definition) is 5. The van der Waals surface area contributed by atoms with Gasteiger partial charge < -0.3 is 15.4 Å². The summed E-state index contributed by atoms with van der Waals surface area (Å²) < 4.78 is 5.24. The third-order valence-corrected chi connectivity index (χ3v) is 4.65. The lowest BCUT2D eigenvalue weighted by Crippen LogP contribution is -2.18. The van der Waals surface area contributed by atoms with Crippen LogP contribution in [0.15, 0.2) is 78.5 Å². The van der Waals surface area contributed by atoms with Crippen LogP contribution < -0.4 is 10.6 Å². The Bertz CT molecular complexity index is 1160. The van der Waals surface area contributed by atoms with E-state index >= 15 is 0 Å². The molecule has 3 aromatic rings. The summed E-state index contributed by atoms with van der Waals surface area (Å²) in [6, 6.07) is 22.0. The number of amides is 1. The highest BCUT2D eigenvalue weighted by Crippen LogP contribution is 2.23. The fraction of sp³-hybridized carbons (Fsp3) is 0.160. The first-order valence-corrected chi connectivity index (χ1v) is 10.1. The van der Waals surface area contributed by atoms with E-state index in [4.69, 9.17) is 4.74 Å². The van der Waals surface area contributed by atoms with Gasteiger partial charge in [-0.1, -0.05) is 61.9 Å². The Labute approximate surface area is 181 Å². The van der Waals surface area contributed by atoms with Crippen LogP contribution in [0.4, 0.5) is 11.4 Å². The van der Waals surface area contributed by atoms with Crippen LogP contribution in [0.1, 0.15) is 30.1 Å². The van der Waals surface area contributed by atoms with Crippen molar-refractivity contribution in [3.63, 3.8) is 0 Å². The lowest BCUT2D eigenvalue weighted by atomic mass is 10.1. The number of ether oxygens (including phenoxy) is 1. The van der Waals surface area contributed by atoms with Crippen molar-refractivity contribution >= 4 is 34.0 Å². The molecular formula is C25H23N3O3. The fourth-order valence-electron chi connectivity index (χ4n) is 3.00. The molecule has 6 nitrogen and oxygen atoms in total. The highest BCUT2D eigenvalue weighted by atomic mass is 16.5. The first-order valence-electron chi connectivity index (χ1n) is 10.1. The van der Waals surface area contributed by atoms with Gasteiger partial charge in [0.05, 0.1) is 17.9 Å². The minimum Gasteiger partial charge on any atom is -0.462 e. The van der Waals surface area contributed by atoms with Gasteiger partial charge in [0, 0.05) is 17.3 Å². The summed E-state index contributed by atoms with van der Waals surface area (Å²) in [6.07, 6.45) is 3.03. The van der Waals surface area contributed by atoms with E-state index < -0.39 is 11.9 Å². The number of unbranched alkanes of at least 4 members (excludes halogenated alkanes) is 1. The quantitative estimate of drug-likeness (QED) is 0.228. The molecular weight excluding hydrogens is 390 g/mol. The Morgan fingerprint density at radius 2 is 1.71 bits per heavy atom. The molecule has 0 aliphatic carbocycles. The molecule has 3 aromatic carbocycles. The van der Waals surface area contributed by atoms with Crippen LogP contribution in [0.25, 0.3) is 10.8 Å². The third-order valence-electron chi connectivity index (χ3n) is 4.65. The second-order valence-electron chi connectivity index (χ2n) is 6.83. The van der Waals surface area contributed by atoms with Crippen LogP contribution in [0.3, 0.4) is 0 Å².